The predicted octanol–water partition coefficient (Wildman–Crippen LogP) is 4.81. The fourth-order valence-electron chi connectivity index (χ4n) is 5.11. The van der Waals surface area contributed by atoms with Crippen LogP contribution in [0.4, 0.5) is 0 Å². The van der Waals surface area contributed by atoms with Crippen LogP contribution in [0.2, 0.25) is 0 Å². The van der Waals surface area contributed by atoms with Gasteiger partial charge in [-0.3, -0.25) is 0 Å². The van der Waals surface area contributed by atoms with Gasteiger partial charge in [-0.05, 0) is 37.0 Å². The van der Waals surface area contributed by atoms with E-state index in [0.717, 1.165) is 6.42 Å². The van der Waals surface area contributed by atoms with Gasteiger partial charge in [-0.2, -0.15) is 9.68 Å². The van der Waals surface area contributed by atoms with Gasteiger partial charge in [0.25, 0.3) is 0 Å². The molecule has 0 aliphatic carbocycles. The number of aromatic nitrogens is 1. The maximum atomic E-state index is 5.93. The molecule has 5 rings (SSSR count). The van der Waals surface area contributed by atoms with Crippen LogP contribution in [0.3, 0.4) is 0 Å². The first kappa shape index (κ1) is 17.8. The third-order valence-electron chi connectivity index (χ3n) is 6.32. The van der Waals surface area contributed by atoms with Gasteiger partial charge >= 0.3 is 12.2 Å². The lowest BCUT2D eigenvalue weighted by Crippen LogP contribution is -2.43. The summed E-state index contributed by atoms with van der Waals surface area (Å²) < 4.78 is 2.44. The van der Waals surface area contributed by atoms with Crippen LogP contribution in [0.25, 0.3) is 22.2 Å². The molecule has 2 aromatic carbocycles. The summed E-state index contributed by atoms with van der Waals surface area (Å²) in [6, 6.07) is 18.1. The lowest BCUT2D eigenvalue weighted by molar-refractivity contribution is -1.21. The quantitative estimate of drug-likeness (QED) is 0.370. The van der Waals surface area contributed by atoms with Gasteiger partial charge in [0, 0.05) is 27.9 Å². The Morgan fingerprint density at radius 2 is 1.82 bits per heavy atom. The summed E-state index contributed by atoms with van der Waals surface area (Å²) in [5, 5.41) is 1.33. The first-order chi connectivity index (χ1) is 13.5. The van der Waals surface area contributed by atoms with E-state index in [1.165, 1.54) is 38.9 Å². The van der Waals surface area contributed by atoms with Gasteiger partial charge in [-0.15, -0.1) is 4.57 Å². The number of hydrogen-bond acceptors (Lipinski definition) is 2. The van der Waals surface area contributed by atoms with Crippen LogP contribution in [0.15, 0.2) is 48.5 Å². The van der Waals surface area contributed by atoms with E-state index < -0.39 is 0 Å². The number of fused-ring (bicyclic) bond motifs is 8. The number of nitrogens with zero attached hydrogens (tertiary/aromatic N) is 2. The van der Waals surface area contributed by atoms with Crippen LogP contribution >= 0.6 is 0 Å². The third-order valence-corrected chi connectivity index (χ3v) is 6.32. The maximum Gasteiger partial charge on any atom is 0.409 e. The standard InChI is InChI=1S/C24H28N2O2/c1-15(2)13-17-7-6-8-21-18(17)11-12-22-20-14-16(3)9-10-19(20)23-24(25(21)22)26(23,27-4)28-5/h6-12,14-15,23-24H,13H2,1-5H3/q+2. The largest absolute Gasteiger partial charge is 0.409 e. The highest BCUT2D eigenvalue weighted by Crippen LogP contribution is 2.62. The van der Waals surface area contributed by atoms with Crippen LogP contribution in [-0.2, 0) is 16.1 Å². The highest BCUT2D eigenvalue weighted by atomic mass is 17.0. The number of pyridine rings is 1. The summed E-state index contributed by atoms with van der Waals surface area (Å²) in [7, 11) is 3.48. The van der Waals surface area contributed by atoms with E-state index in [4.69, 9.17) is 9.68 Å². The first-order valence-electron chi connectivity index (χ1n) is 10.1. The summed E-state index contributed by atoms with van der Waals surface area (Å²) in [6.45, 7) is 6.70. The van der Waals surface area contributed by atoms with Crippen molar-refractivity contribution in [3.8, 4) is 11.3 Å². The van der Waals surface area contributed by atoms with Crippen molar-refractivity contribution in [3.05, 3.63) is 65.2 Å². The van der Waals surface area contributed by atoms with Crippen molar-refractivity contribution < 1.29 is 19.1 Å². The molecule has 28 heavy (non-hydrogen) atoms. The molecule has 0 radical (unpaired) electrons. The van der Waals surface area contributed by atoms with E-state index in [-0.39, 0.29) is 17.0 Å². The van der Waals surface area contributed by atoms with Crippen LogP contribution < -0.4 is 4.57 Å². The third kappa shape index (κ3) is 2.26. The molecule has 0 spiro atoms. The number of quaternary nitrogens is 1. The Kier molecular flexibility index (Phi) is 3.89. The van der Waals surface area contributed by atoms with Crippen LogP contribution in [-0.4, -0.2) is 19.0 Å². The van der Waals surface area contributed by atoms with Gasteiger partial charge in [0.1, 0.15) is 0 Å². The molecule has 1 aromatic heterocycles. The van der Waals surface area contributed by atoms with Crippen molar-refractivity contribution >= 4 is 10.9 Å². The molecule has 2 aliphatic heterocycles. The smallest absolute Gasteiger partial charge is 0.164 e. The number of hydrogen-bond donors (Lipinski definition) is 0. The Hall–Kier alpha value is -2.27. The second-order valence-corrected chi connectivity index (χ2v) is 8.50. The van der Waals surface area contributed by atoms with Gasteiger partial charge in [-0.1, -0.05) is 43.7 Å². The normalized spacial score (nSPS) is 21.4. The van der Waals surface area contributed by atoms with E-state index in [1.54, 1.807) is 14.2 Å². The molecule has 3 aromatic rings. The molecule has 2 aliphatic rings. The highest BCUT2D eigenvalue weighted by molar-refractivity contribution is 5.82. The Morgan fingerprint density at radius 1 is 1.04 bits per heavy atom. The van der Waals surface area contributed by atoms with E-state index >= 15 is 0 Å². The Bertz CT molecular complexity index is 1090. The molecule has 1 saturated heterocycles. The van der Waals surface area contributed by atoms with Crippen molar-refractivity contribution in [1.29, 1.82) is 0 Å². The molecule has 3 heterocycles. The molecular weight excluding hydrogens is 348 g/mol. The van der Waals surface area contributed by atoms with E-state index in [0.29, 0.717) is 5.92 Å². The fraction of sp³-hybridized carbons (Fsp3) is 0.375. The second kappa shape index (κ2) is 6.11. The zero-order valence-electron chi connectivity index (χ0n) is 17.3. The fourth-order valence-corrected chi connectivity index (χ4v) is 5.11. The summed E-state index contributed by atoms with van der Waals surface area (Å²) in [4.78, 5) is 12.0. The molecule has 144 valence electrons. The zero-order chi connectivity index (χ0) is 19.6. The SMILES string of the molecule is CO[N+]1(OC)C2c3ccc(C)cc3-c3ccc4c(CC(C)C)cccc4[n+]3C21. The van der Waals surface area contributed by atoms with Gasteiger partial charge in [0.2, 0.25) is 11.2 Å². The summed E-state index contributed by atoms with van der Waals surface area (Å²) in [5.74, 6) is 0.622. The van der Waals surface area contributed by atoms with Crippen LogP contribution in [0, 0.1) is 12.8 Å². The topological polar surface area (TPSA) is 22.3 Å². The van der Waals surface area contributed by atoms with Gasteiger partial charge in [-0.25, -0.2) is 0 Å². The maximum absolute atomic E-state index is 5.93. The van der Waals surface area contributed by atoms with Gasteiger partial charge < -0.3 is 0 Å². The average molecular weight is 377 g/mol. The highest BCUT2D eigenvalue weighted by Gasteiger charge is 2.83. The summed E-state index contributed by atoms with van der Waals surface area (Å²) in [6.07, 6.45) is 1.17. The lowest BCUT2D eigenvalue weighted by atomic mass is 9.93. The monoisotopic (exact) mass is 376 g/mol. The first-order valence-corrected chi connectivity index (χ1v) is 10.1. The van der Waals surface area contributed by atoms with Crippen LogP contribution in [0.5, 0.6) is 0 Å². The minimum absolute atomic E-state index is 0.0956. The molecule has 4 nitrogen and oxygen atoms in total. The van der Waals surface area contributed by atoms with Crippen molar-refractivity contribution in [2.45, 2.75) is 39.4 Å². The van der Waals surface area contributed by atoms with E-state index in [1.807, 2.05) is 0 Å². The molecule has 0 saturated carbocycles. The van der Waals surface area contributed by atoms with Crippen LogP contribution in [0.1, 0.15) is 42.7 Å². The molecule has 4 heteroatoms. The van der Waals surface area contributed by atoms with Crippen molar-refractivity contribution in [2.24, 2.45) is 5.92 Å². The molecule has 0 bridgehead atoms. The molecule has 2 atom stereocenters. The number of hydroxylamine groups is 4. The Labute approximate surface area is 166 Å². The predicted molar refractivity (Wildman–Crippen MR) is 109 cm³/mol. The summed E-state index contributed by atoms with van der Waals surface area (Å²) >= 11 is 0. The number of benzene rings is 2. The molecule has 0 amide bonds. The van der Waals surface area contributed by atoms with Gasteiger partial charge in [0.15, 0.2) is 0 Å². The zero-order valence-corrected chi connectivity index (χ0v) is 17.3. The van der Waals surface area contributed by atoms with Crippen molar-refractivity contribution in [3.63, 3.8) is 0 Å². The van der Waals surface area contributed by atoms with Gasteiger partial charge in [0.05, 0.1) is 19.8 Å². The lowest BCUT2D eigenvalue weighted by Gasteiger charge is -2.13. The minimum Gasteiger partial charge on any atom is -0.164 e. The second-order valence-electron chi connectivity index (χ2n) is 8.50. The average Bonchev–Trinajstić information content (AvgIpc) is 3.36. The van der Waals surface area contributed by atoms with Crippen molar-refractivity contribution in [1.82, 2.24) is 0 Å². The van der Waals surface area contributed by atoms with Crippen molar-refractivity contribution in [2.75, 3.05) is 14.2 Å². The number of rotatable bonds is 4. The number of aryl methyl sites for hydroxylation is 1. The molecular formula is C24H28N2O2+2. The van der Waals surface area contributed by atoms with E-state index in [9.17, 15) is 0 Å². The molecule has 1 fully saturated rings. The minimum atomic E-state index is 0.0956. The Morgan fingerprint density at radius 3 is 2.54 bits per heavy atom. The summed E-state index contributed by atoms with van der Waals surface area (Å²) in [5.41, 5.74) is 7.76. The Balaban J connectivity index is 1.83. The molecule has 2 unspecified atom stereocenters. The van der Waals surface area contributed by atoms with E-state index in [2.05, 4.69) is 73.9 Å². The molecule has 0 N–H and O–H groups in total.